The Morgan fingerprint density at radius 2 is 1.79 bits per heavy atom. The number of carbonyl (C=O) groups is 1. The van der Waals surface area contributed by atoms with Crippen LogP contribution >= 0.6 is 0 Å². The Hall–Kier alpha value is -2.34. The van der Waals surface area contributed by atoms with Crippen LogP contribution in [0.2, 0.25) is 0 Å². The molecule has 1 heterocycles. The zero-order chi connectivity index (χ0) is 17.0. The fourth-order valence-corrected chi connectivity index (χ4v) is 4.36. The van der Waals surface area contributed by atoms with Gasteiger partial charge in [-0.05, 0) is 36.2 Å². The molecule has 5 nitrogen and oxygen atoms in total. The lowest BCUT2D eigenvalue weighted by molar-refractivity contribution is -0.119. The minimum Gasteiger partial charge on any atom is -0.489 e. The quantitative estimate of drug-likeness (QED) is 0.904. The number of nitrogens with one attached hydrogen (secondary N) is 1. The van der Waals surface area contributed by atoms with E-state index >= 15 is 0 Å². The van der Waals surface area contributed by atoms with Gasteiger partial charge < -0.3 is 10.1 Å². The van der Waals surface area contributed by atoms with Crippen LogP contribution < -0.4 is 10.1 Å². The molecule has 3 rings (SSSR count). The Labute approximate surface area is 141 Å². The molecule has 1 fully saturated rings. The van der Waals surface area contributed by atoms with Gasteiger partial charge in [-0.25, -0.2) is 8.42 Å². The number of anilines is 1. The lowest BCUT2D eigenvalue weighted by atomic mass is 10.1. The lowest BCUT2D eigenvalue weighted by Crippen LogP contribution is -2.23. The van der Waals surface area contributed by atoms with Crippen LogP contribution in [0, 0.1) is 5.92 Å². The Kier molecular flexibility index (Phi) is 4.85. The van der Waals surface area contributed by atoms with E-state index in [1.165, 1.54) is 0 Å². The Balaban J connectivity index is 1.54. The maximum Gasteiger partial charge on any atom is 0.228 e. The number of ether oxygens (including phenoxy) is 1. The number of amides is 1. The number of rotatable bonds is 5. The molecule has 2 aromatic carbocycles. The highest BCUT2D eigenvalue weighted by Crippen LogP contribution is 2.22. The largest absolute Gasteiger partial charge is 0.489 e. The van der Waals surface area contributed by atoms with Gasteiger partial charge in [-0.1, -0.05) is 30.3 Å². The predicted octanol–water partition coefficient (Wildman–Crippen LogP) is 2.64. The van der Waals surface area contributed by atoms with Crippen molar-refractivity contribution >= 4 is 21.4 Å². The fourth-order valence-electron chi connectivity index (χ4n) is 2.62. The van der Waals surface area contributed by atoms with Gasteiger partial charge in [0.25, 0.3) is 0 Å². The van der Waals surface area contributed by atoms with Gasteiger partial charge in [0.05, 0.1) is 17.4 Å². The Bertz CT molecular complexity index is 801. The van der Waals surface area contributed by atoms with Crippen LogP contribution in [0.5, 0.6) is 5.75 Å². The number of benzene rings is 2. The Morgan fingerprint density at radius 1 is 1.08 bits per heavy atom. The van der Waals surface area contributed by atoms with Crippen molar-refractivity contribution < 1.29 is 17.9 Å². The average Bonchev–Trinajstić information content (AvgIpc) is 2.95. The van der Waals surface area contributed by atoms with E-state index in [4.69, 9.17) is 4.74 Å². The highest BCUT2D eigenvalue weighted by Gasteiger charge is 2.32. The number of hydrogen-bond acceptors (Lipinski definition) is 4. The molecule has 2 aromatic rings. The summed E-state index contributed by atoms with van der Waals surface area (Å²) in [5, 5.41) is 2.76. The monoisotopic (exact) mass is 345 g/mol. The SMILES string of the molecule is O=C(Nc1ccc(OCc2ccccc2)cc1)[C@H]1CCS(=O)(=O)C1. The van der Waals surface area contributed by atoms with Crippen LogP contribution in [-0.2, 0) is 21.2 Å². The molecule has 1 aliphatic heterocycles. The number of sulfone groups is 1. The summed E-state index contributed by atoms with van der Waals surface area (Å²) < 4.78 is 28.6. The second kappa shape index (κ2) is 7.05. The zero-order valence-electron chi connectivity index (χ0n) is 13.1. The summed E-state index contributed by atoms with van der Waals surface area (Å²) in [7, 11) is -3.05. The first-order valence-corrected chi connectivity index (χ1v) is 9.62. The molecule has 1 amide bonds. The summed E-state index contributed by atoms with van der Waals surface area (Å²) in [5.41, 5.74) is 1.72. The van der Waals surface area contributed by atoms with E-state index in [0.29, 0.717) is 24.5 Å². The van der Waals surface area contributed by atoms with E-state index in [0.717, 1.165) is 5.56 Å². The summed E-state index contributed by atoms with van der Waals surface area (Å²) in [6.45, 7) is 0.479. The van der Waals surface area contributed by atoms with E-state index in [9.17, 15) is 13.2 Å². The molecular weight excluding hydrogens is 326 g/mol. The van der Waals surface area contributed by atoms with Crippen LogP contribution in [0.3, 0.4) is 0 Å². The molecule has 0 spiro atoms. The van der Waals surface area contributed by atoms with Crippen LogP contribution in [0.25, 0.3) is 0 Å². The summed E-state index contributed by atoms with van der Waals surface area (Å²) in [5.74, 6) is 0.0485. The van der Waals surface area contributed by atoms with Crippen molar-refractivity contribution in [3.8, 4) is 5.75 Å². The molecule has 0 saturated carbocycles. The standard InChI is InChI=1S/C18H19NO4S/c20-18(15-10-11-24(21,22)13-15)19-16-6-8-17(9-7-16)23-12-14-4-2-1-3-5-14/h1-9,15H,10-13H2,(H,19,20)/t15-/m0/s1. The van der Waals surface area contributed by atoms with Crippen molar-refractivity contribution in [1.29, 1.82) is 0 Å². The van der Waals surface area contributed by atoms with E-state index in [1.807, 2.05) is 30.3 Å². The van der Waals surface area contributed by atoms with Gasteiger partial charge in [-0.15, -0.1) is 0 Å². The first kappa shape index (κ1) is 16.5. The van der Waals surface area contributed by atoms with E-state index in [-0.39, 0.29) is 17.4 Å². The highest BCUT2D eigenvalue weighted by atomic mass is 32.2. The number of hydrogen-bond donors (Lipinski definition) is 1. The molecule has 24 heavy (non-hydrogen) atoms. The molecule has 0 aliphatic carbocycles. The number of carbonyl (C=O) groups excluding carboxylic acids is 1. The molecule has 0 radical (unpaired) electrons. The van der Waals surface area contributed by atoms with Gasteiger partial charge in [0.1, 0.15) is 12.4 Å². The first-order chi connectivity index (χ1) is 11.5. The lowest BCUT2D eigenvalue weighted by Gasteiger charge is -2.11. The zero-order valence-corrected chi connectivity index (χ0v) is 14.0. The summed E-state index contributed by atoms with van der Waals surface area (Å²) >= 11 is 0. The van der Waals surface area contributed by atoms with Crippen LogP contribution in [0.4, 0.5) is 5.69 Å². The van der Waals surface area contributed by atoms with E-state index in [1.54, 1.807) is 24.3 Å². The van der Waals surface area contributed by atoms with E-state index in [2.05, 4.69) is 5.32 Å². The average molecular weight is 345 g/mol. The predicted molar refractivity (Wildman–Crippen MR) is 92.6 cm³/mol. The molecule has 6 heteroatoms. The van der Waals surface area contributed by atoms with Crippen molar-refractivity contribution in [1.82, 2.24) is 0 Å². The molecule has 1 aliphatic rings. The van der Waals surface area contributed by atoms with Crippen LogP contribution in [-0.4, -0.2) is 25.8 Å². The Morgan fingerprint density at radius 3 is 2.42 bits per heavy atom. The molecule has 1 atom stereocenters. The minimum atomic E-state index is -3.05. The molecule has 126 valence electrons. The third kappa shape index (κ3) is 4.35. The van der Waals surface area contributed by atoms with Gasteiger partial charge in [-0.2, -0.15) is 0 Å². The minimum absolute atomic E-state index is 0.0584. The van der Waals surface area contributed by atoms with Crippen molar-refractivity contribution in [2.45, 2.75) is 13.0 Å². The van der Waals surface area contributed by atoms with Gasteiger partial charge >= 0.3 is 0 Å². The molecule has 1 N–H and O–H groups in total. The second-order valence-corrected chi connectivity index (χ2v) is 8.12. The van der Waals surface area contributed by atoms with Crippen molar-refractivity contribution in [2.75, 3.05) is 16.8 Å². The van der Waals surface area contributed by atoms with Gasteiger partial charge in [0, 0.05) is 5.69 Å². The molecule has 1 saturated heterocycles. The van der Waals surface area contributed by atoms with Gasteiger partial charge in [0.15, 0.2) is 9.84 Å². The molecular formula is C18H19NO4S. The topological polar surface area (TPSA) is 72.5 Å². The highest BCUT2D eigenvalue weighted by molar-refractivity contribution is 7.91. The summed E-state index contributed by atoms with van der Waals surface area (Å²) in [6, 6.07) is 16.9. The fraction of sp³-hybridized carbons (Fsp3) is 0.278. The molecule has 0 bridgehead atoms. The van der Waals surface area contributed by atoms with E-state index < -0.39 is 15.8 Å². The second-order valence-electron chi connectivity index (χ2n) is 5.89. The summed E-state index contributed by atoms with van der Waals surface area (Å²) in [4.78, 5) is 12.1. The maximum absolute atomic E-state index is 12.1. The van der Waals surface area contributed by atoms with Crippen LogP contribution in [0.1, 0.15) is 12.0 Å². The maximum atomic E-state index is 12.1. The summed E-state index contributed by atoms with van der Waals surface area (Å²) in [6.07, 6.45) is 0.395. The van der Waals surface area contributed by atoms with Crippen molar-refractivity contribution in [3.05, 3.63) is 60.2 Å². The van der Waals surface area contributed by atoms with Crippen molar-refractivity contribution in [2.24, 2.45) is 5.92 Å². The molecule has 0 aromatic heterocycles. The third-order valence-corrected chi connectivity index (χ3v) is 5.74. The van der Waals surface area contributed by atoms with Crippen molar-refractivity contribution in [3.63, 3.8) is 0 Å². The smallest absolute Gasteiger partial charge is 0.228 e. The van der Waals surface area contributed by atoms with Crippen LogP contribution in [0.15, 0.2) is 54.6 Å². The van der Waals surface area contributed by atoms with Gasteiger partial charge in [0.2, 0.25) is 5.91 Å². The molecule has 0 unspecified atom stereocenters. The third-order valence-electron chi connectivity index (χ3n) is 3.97. The van der Waals surface area contributed by atoms with Gasteiger partial charge in [-0.3, -0.25) is 4.79 Å². The first-order valence-electron chi connectivity index (χ1n) is 7.80. The normalized spacial score (nSPS) is 18.9.